The third-order valence-electron chi connectivity index (χ3n) is 1.63. The van der Waals surface area contributed by atoms with Crippen LogP contribution >= 0.6 is 0 Å². The fraction of sp³-hybridized carbons (Fsp3) is 0.538. The van der Waals surface area contributed by atoms with Crippen LogP contribution in [-0.4, -0.2) is 16.9 Å². The number of halogens is 3. The predicted octanol–water partition coefficient (Wildman–Crippen LogP) is 4.34. The second-order valence-electron chi connectivity index (χ2n) is 3.71. The van der Waals surface area contributed by atoms with Gasteiger partial charge in [-0.2, -0.15) is 13.2 Å². The molecule has 0 bridgehead atoms. The van der Waals surface area contributed by atoms with Gasteiger partial charge in [0.15, 0.2) is 5.60 Å². The summed E-state index contributed by atoms with van der Waals surface area (Å²) in [6.45, 7) is 7.49. The van der Waals surface area contributed by atoms with E-state index in [4.69, 9.17) is 5.11 Å². The molecule has 17 heavy (non-hydrogen) atoms. The molecule has 1 N–H and O–H groups in total. The van der Waals surface area contributed by atoms with Crippen LogP contribution in [0.5, 0.6) is 0 Å². The lowest BCUT2D eigenvalue weighted by Gasteiger charge is -2.20. The zero-order chi connectivity index (χ0) is 14.1. The van der Waals surface area contributed by atoms with Crippen LogP contribution in [0, 0.1) is 6.92 Å². The van der Waals surface area contributed by atoms with Crippen LogP contribution in [0.25, 0.3) is 0 Å². The van der Waals surface area contributed by atoms with Gasteiger partial charge in [-0.15, -0.1) is 0 Å². The second kappa shape index (κ2) is 8.12. The van der Waals surface area contributed by atoms with Crippen LogP contribution < -0.4 is 0 Å². The third kappa shape index (κ3) is 9.87. The molecule has 0 saturated carbocycles. The Labute approximate surface area is 101 Å². The molecule has 0 amide bonds. The largest absolute Gasteiger partial charge is 0.416 e. The first-order valence-corrected chi connectivity index (χ1v) is 5.45. The van der Waals surface area contributed by atoms with Crippen molar-refractivity contribution in [2.24, 2.45) is 0 Å². The predicted molar refractivity (Wildman–Crippen MR) is 64.9 cm³/mol. The van der Waals surface area contributed by atoms with Gasteiger partial charge < -0.3 is 5.11 Å². The smallest absolute Gasteiger partial charge is 0.381 e. The molecule has 0 spiro atoms. The molecular weight excluding hydrogens is 229 g/mol. The average Bonchev–Trinajstić information content (AvgIpc) is 2.20. The van der Waals surface area contributed by atoms with Crippen molar-refractivity contribution in [1.82, 2.24) is 0 Å². The van der Waals surface area contributed by atoms with E-state index in [2.05, 4.69) is 19.1 Å². The van der Waals surface area contributed by atoms with Crippen LogP contribution in [0.1, 0.15) is 33.3 Å². The number of hydrogen-bond donors (Lipinski definition) is 1. The van der Waals surface area contributed by atoms with E-state index in [0.717, 1.165) is 0 Å². The molecule has 1 nitrogen and oxygen atoms in total. The van der Waals surface area contributed by atoms with Gasteiger partial charge in [0.2, 0.25) is 0 Å². The van der Waals surface area contributed by atoms with Crippen molar-refractivity contribution < 1.29 is 18.3 Å². The van der Waals surface area contributed by atoms with E-state index in [1.807, 2.05) is 32.0 Å². The quantitative estimate of drug-likeness (QED) is 0.726. The van der Waals surface area contributed by atoms with Crippen LogP contribution in [0.4, 0.5) is 13.2 Å². The molecular formula is C13H21F3O. The molecule has 1 rings (SSSR count). The molecule has 0 heterocycles. The highest BCUT2D eigenvalue weighted by molar-refractivity contribution is 5.11. The summed E-state index contributed by atoms with van der Waals surface area (Å²) in [6, 6.07) is 10.3. The van der Waals surface area contributed by atoms with Crippen LogP contribution in [0.15, 0.2) is 30.3 Å². The van der Waals surface area contributed by atoms with Gasteiger partial charge in [-0.05, 0) is 20.8 Å². The Bertz CT molecular complexity index is 261. The molecule has 0 unspecified atom stereocenters. The first kappa shape index (κ1) is 18.3. The Hall–Kier alpha value is -1.03. The van der Waals surface area contributed by atoms with Gasteiger partial charge in [-0.25, -0.2) is 0 Å². The highest BCUT2D eigenvalue weighted by Gasteiger charge is 2.45. The van der Waals surface area contributed by atoms with Gasteiger partial charge in [-0.3, -0.25) is 0 Å². The molecule has 0 radical (unpaired) electrons. The molecule has 100 valence electrons. The molecule has 0 atom stereocenters. The SMILES string of the molecule is CC.CC(C)(O)C(F)(F)F.Cc1ccccc1. The lowest BCUT2D eigenvalue weighted by Crippen LogP contribution is -2.38. The maximum atomic E-state index is 11.3. The number of rotatable bonds is 0. The van der Waals surface area contributed by atoms with Gasteiger partial charge >= 0.3 is 6.18 Å². The molecule has 0 aliphatic rings. The van der Waals surface area contributed by atoms with Crippen molar-refractivity contribution >= 4 is 0 Å². The van der Waals surface area contributed by atoms with Crippen molar-refractivity contribution in [3.63, 3.8) is 0 Å². The van der Waals surface area contributed by atoms with E-state index >= 15 is 0 Å². The van der Waals surface area contributed by atoms with E-state index in [0.29, 0.717) is 13.8 Å². The van der Waals surface area contributed by atoms with Crippen molar-refractivity contribution in [2.45, 2.75) is 46.4 Å². The highest BCUT2D eigenvalue weighted by Crippen LogP contribution is 2.28. The number of hydrogen-bond acceptors (Lipinski definition) is 1. The van der Waals surface area contributed by atoms with E-state index < -0.39 is 11.8 Å². The first-order valence-electron chi connectivity index (χ1n) is 5.45. The zero-order valence-electron chi connectivity index (χ0n) is 11.0. The average molecular weight is 250 g/mol. The Morgan fingerprint density at radius 3 is 1.35 bits per heavy atom. The first-order chi connectivity index (χ1) is 7.64. The van der Waals surface area contributed by atoms with Crippen LogP contribution in [-0.2, 0) is 0 Å². The highest BCUT2D eigenvalue weighted by atomic mass is 19.4. The van der Waals surface area contributed by atoms with E-state index in [9.17, 15) is 13.2 Å². The minimum absolute atomic E-state index is 0.701. The maximum Gasteiger partial charge on any atom is 0.416 e. The fourth-order valence-electron chi connectivity index (χ4n) is 0.534. The zero-order valence-corrected chi connectivity index (χ0v) is 11.0. The summed E-state index contributed by atoms with van der Waals surface area (Å²) in [7, 11) is 0. The molecule has 0 fully saturated rings. The Morgan fingerprint density at radius 1 is 0.941 bits per heavy atom. The van der Waals surface area contributed by atoms with E-state index in [1.54, 1.807) is 0 Å². The normalized spacial score (nSPS) is 10.6. The third-order valence-corrected chi connectivity index (χ3v) is 1.63. The monoisotopic (exact) mass is 250 g/mol. The second-order valence-corrected chi connectivity index (χ2v) is 3.71. The number of aliphatic hydroxyl groups is 1. The maximum absolute atomic E-state index is 11.3. The minimum Gasteiger partial charge on any atom is -0.381 e. The lowest BCUT2D eigenvalue weighted by molar-refractivity contribution is -0.245. The summed E-state index contributed by atoms with van der Waals surface area (Å²) < 4.78 is 33.9. The molecule has 4 heteroatoms. The molecule has 1 aromatic carbocycles. The molecule has 0 aliphatic heterocycles. The van der Waals surface area contributed by atoms with E-state index in [1.165, 1.54) is 5.56 Å². The number of aryl methyl sites for hydroxylation is 1. The Morgan fingerprint density at radius 2 is 1.24 bits per heavy atom. The summed E-state index contributed by atoms with van der Waals surface area (Å²) in [5.74, 6) is 0. The van der Waals surface area contributed by atoms with Crippen LogP contribution in [0.2, 0.25) is 0 Å². The summed E-state index contributed by atoms with van der Waals surface area (Å²) in [5, 5.41) is 8.23. The van der Waals surface area contributed by atoms with Gasteiger partial charge in [-0.1, -0.05) is 49.7 Å². The van der Waals surface area contributed by atoms with Crippen molar-refractivity contribution in [1.29, 1.82) is 0 Å². The fourth-order valence-corrected chi connectivity index (χ4v) is 0.534. The number of alkyl halides is 3. The summed E-state index contributed by atoms with van der Waals surface area (Å²) >= 11 is 0. The van der Waals surface area contributed by atoms with Crippen molar-refractivity contribution in [3.05, 3.63) is 35.9 Å². The molecule has 0 aliphatic carbocycles. The molecule has 0 aromatic heterocycles. The Balaban J connectivity index is 0. The van der Waals surface area contributed by atoms with Gasteiger partial charge in [0, 0.05) is 0 Å². The van der Waals surface area contributed by atoms with Gasteiger partial charge in [0.05, 0.1) is 0 Å². The topological polar surface area (TPSA) is 20.2 Å². The van der Waals surface area contributed by atoms with Crippen molar-refractivity contribution in [3.8, 4) is 0 Å². The molecule has 1 aromatic rings. The number of benzene rings is 1. The summed E-state index contributed by atoms with van der Waals surface area (Å²) in [4.78, 5) is 0. The minimum atomic E-state index is -4.51. The van der Waals surface area contributed by atoms with Crippen LogP contribution in [0.3, 0.4) is 0 Å². The summed E-state index contributed by atoms with van der Waals surface area (Å²) in [5.41, 5.74) is -1.24. The summed E-state index contributed by atoms with van der Waals surface area (Å²) in [6.07, 6.45) is -4.51. The van der Waals surface area contributed by atoms with Gasteiger partial charge in [0.1, 0.15) is 0 Å². The molecule has 0 saturated heterocycles. The van der Waals surface area contributed by atoms with Gasteiger partial charge in [0.25, 0.3) is 0 Å². The van der Waals surface area contributed by atoms with Crippen molar-refractivity contribution in [2.75, 3.05) is 0 Å². The lowest BCUT2D eigenvalue weighted by atomic mass is 10.1. The standard InChI is InChI=1S/C7H8.C4H7F3O.C2H6/c1-7-5-3-2-4-6-7;1-3(2,8)4(5,6)7;1-2/h2-6H,1H3;8H,1-2H3;1-2H3. The van der Waals surface area contributed by atoms with E-state index in [-0.39, 0.29) is 0 Å². The Kier molecular flexibility index (Phi) is 8.76.